The molecule has 31 heavy (non-hydrogen) atoms. The minimum absolute atomic E-state index is 0.159. The highest BCUT2D eigenvalue weighted by molar-refractivity contribution is 6.08. The molecule has 0 spiro atoms. The highest BCUT2D eigenvalue weighted by Crippen LogP contribution is 2.41. The lowest BCUT2D eigenvalue weighted by molar-refractivity contribution is -0.153. The number of esters is 1. The van der Waals surface area contributed by atoms with Crippen molar-refractivity contribution >= 4 is 28.9 Å². The van der Waals surface area contributed by atoms with Crippen molar-refractivity contribution in [1.29, 1.82) is 0 Å². The van der Waals surface area contributed by atoms with E-state index in [-0.39, 0.29) is 12.5 Å². The van der Waals surface area contributed by atoms with Crippen molar-refractivity contribution in [3.63, 3.8) is 0 Å². The first-order chi connectivity index (χ1) is 15.1. The van der Waals surface area contributed by atoms with Gasteiger partial charge in [-0.3, -0.25) is 14.5 Å². The Morgan fingerprint density at radius 1 is 1.13 bits per heavy atom. The lowest BCUT2D eigenvalue weighted by Crippen LogP contribution is -2.50. The topological polar surface area (TPSA) is 64.4 Å². The maximum absolute atomic E-state index is 14.2. The molecule has 2 heterocycles. The van der Waals surface area contributed by atoms with Crippen molar-refractivity contribution in [2.45, 2.75) is 39.2 Å². The molecule has 1 aliphatic rings. The Balaban J connectivity index is 1.94. The Labute approximate surface area is 180 Å². The van der Waals surface area contributed by atoms with Crippen LogP contribution in [0, 0.1) is 11.7 Å². The number of carbonyl (C=O) groups is 2. The fourth-order valence-corrected chi connectivity index (χ4v) is 4.27. The van der Waals surface area contributed by atoms with Crippen LogP contribution in [0.1, 0.15) is 44.7 Å². The van der Waals surface area contributed by atoms with E-state index in [1.807, 2.05) is 28.8 Å². The van der Waals surface area contributed by atoms with Gasteiger partial charge in [0, 0.05) is 6.54 Å². The Bertz CT molecular complexity index is 1110. The molecule has 162 valence electrons. The summed E-state index contributed by atoms with van der Waals surface area (Å²) >= 11 is 0. The molecule has 0 saturated heterocycles. The van der Waals surface area contributed by atoms with E-state index < -0.39 is 23.7 Å². The summed E-state index contributed by atoms with van der Waals surface area (Å²) in [6.07, 6.45) is 2.76. The van der Waals surface area contributed by atoms with Gasteiger partial charge in [-0.05, 0) is 43.2 Å². The maximum Gasteiger partial charge on any atom is 0.321 e. The SMILES string of the molecule is CCCCCN1C(=O)C(C(=O)OCC)C(c2cccc(F)c2)n2c1nc1ccccc12. The minimum Gasteiger partial charge on any atom is -0.465 e. The second-order valence-corrected chi connectivity index (χ2v) is 7.70. The fraction of sp³-hybridized carbons (Fsp3) is 0.375. The summed E-state index contributed by atoms with van der Waals surface area (Å²) < 4.78 is 21.3. The van der Waals surface area contributed by atoms with Crippen LogP contribution in [0.5, 0.6) is 0 Å². The number of nitrogens with zero attached hydrogens (tertiary/aromatic N) is 3. The number of benzene rings is 2. The number of para-hydroxylation sites is 2. The van der Waals surface area contributed by atoms with E-state index in [0.29, 0.717) is 18.1 Å². The lowest BCUT2D eigenvalue weighted by atomic mass is 9.89. The third-order valence-corrected chi connectivity index (χ3v) is 5.66. The molecule has 2 unspecified atom stereocenters. The Kier molecular flexibility index (Phi) is 6.02. The molecular formula is C24H26FN3O3. The van der Waals surface area contributed by atoms with Crippen molar-refractivity contribution < 1.29 is 18.7 Å². The number of hydrogen-bond donors (Lipinski definition) is 0. The van der Waals surface area contributed by atoms with Crippen LogP contribution in [0.4, 0.5) is 10.3 Å². The fourth-order valence-electron chi connectivity index (χ4n) is 4.27. The maximum atomic E-state index is 14.2. The van der Waals surface area contributed by atoms with Crippen molar-refractivity contribution in [3.05, 3.63) is 59.9 Å². The molecule has 3 aromatic rings. The first kappa shape index (κ1) is 21.0. The predicted molar refractivity (Wildman–Crippen MR) is 116 cm³/mol. The zero-order valence-electron chi connectivity index (χ0n) is 17.8. The Morgan fingerprint density at radius 2 is 1.94 bits per heavy atom. The van der Waals surface area contributed by atoms with Gasteiger partial charge in [0.2, 0.25) is 11.9 Å². The molecule has 1 aliphatic heterocycles. The minimum atomic E-state index is -1.12. The monoisotopic (exact) mass is 423 g/mol. The second kappa shape index (κ2) is 8.88. The van der Waals surface area contributed by atoms with Crippen molar-refractivity contribution in [2.75, 3.05) is 18.1 Å². The third-order valence-electron chi connectivity index (χ3n) is 5.66. The van der Waals surface area contributed by atoms with Crippen molar-refractivity contribution in [3.8, 4) is 0 Å². The smallest absolute Gasteiger partial charge is 0.321 e. The van der Waals surface area contributed by atoms with Crippen LogP contribution < -0.4 is 4.90 Å². The largest absolute Gasteiger partial charge is 0.465 e. The summed E-state index contributed by atoms with van der Waals surface area (Å²) in [4.78, 5) is 33.0. The molecular weight excluding hydrogens is 397 g/mol. The predicted octanol–water partition coefficient (Wildman–Crippen LogP) is 4.48. The average molecular weight is 423 g/mol. The molecule has 1 amide bonds. The van der Waals surface area contributed by atoms with Crippen LogP contribution in [0.3, 0.4) is 0 Å². The van der Waals surface area contributed by atoms with Crippen LogP contribution in [-0.2, 0) is 14.3 Å². The number of rotatable bonds is 7. The molecule has 7 heteroatoms. The van der Waals surface area contributed by atoms with Gasteiger partial charge in [-0.1, -0.05) is 44.0 Å². The summed E-state index contributed by atoms with van der Waals surface area (Å²) in [5.41, 5.74) is 2.04. The van der Waals surface area contributed by atoms with E-state index in [1.165, 1.54) is 12.1 Å². The van der Waals surface area contributed by atoms with Gasteiger partial charge >= 0.3 is 5.97 Å². The molecule has 0 N–H and O–H groups in total. The van der Waals surface area contributed by atoms with E-state index in [2.05, 4.69) is 6.92 Å². The van der Waals surface area contributed by atoms with Crippen LogP contribution in [0.25, 0.3) is 11.0 Å². The van der Waals surface area contributed by atoms with E-state index >= 15 is 0 Å². The summed E-state index contributed by atoms with van der Waals surface area (Å²) in [6, 6.07) is 12.8. The zero-order chi connectivity index (χ0) is 22.0. The molecule has 6 nitrogen and oxygen atoms in total. The van der Waals surface area contributed by atoms with Gasteiger partial charge in [-0.25, -0.2) is 9.37 Å². The molecule has 0 aliphatic carbocycles. The molecule has 2 atom stereocenters. The van der Waals surface area contributed by atoms with E-state index in [1.54, 1.807) is 24.0 Å². The van der Waals surface area contributed by atoms with Crippen LogP contribution >= 0.6 is 0 Å². The molecule has 1 aromatic heterocycles. The highest BCUT2D eigenvalue weighted by Gasteiger charge is 2.47. The zero-order valence-corrected chi connectivity index (χ0v) is 17.8. The Hall–Kier alpha value is -3.22. The Morgan fingerprint density at radius 3 is 2.68 bits per heavy atom. The third kappa shape index (κ3) is 3.80. The first-order valence-electron chi connectivity index (χ1n) is 10.8. The standard InChI is InChI=1S/C24H26FN3O3/c1-3-5-8-14-27-22(29)20(23(30)31-4-2)21(16-10-9-11-17(25)15-16)28-19-13-7-6-12-18(19)26-24(27)28/h6-7,9-13,15,20-21H,3-5,8,14H2,1-2H3. The van der Waals surface area contributed by atoms with Gasteiger partial charge in [0.25, 0.3) is 0 Å². The van der Waals surface area contributed by atoms with Gasteiger partial charge in [-0.2, -0.15) is 0 Å². The molecule has 0 fully saturated rings. The summed E-state index contributed by atoms with van der Waals surface area (Å²) in [7, 11) is 0. The number of aromatic nitrogens is 2. The highest BCUT2D eigenvalue weighted by atomic mass is 19.1. The van der Waals surface area contributed by atoms with Crippen molar-refractivity contribution in [1.82, 2.24) is 9.55 Å². The number of anilines is 1. The summed E-state index contributed by atoms with van der Waals surface area (Å²) in [5.74, 6) is -2.02. The number of ether oxygens (including phenoxy) is 1. The quantitative estimate of drug-likeness (QED) is 0.319. The van der Waals surface area contributed by atoms with E-state index in [4.69, 9.17) is 9.72 Å². The lowest BCUT2D eigenvalue weighted by Gasteiger charge is -2.38. The van der Waals surface area contributed by atoms with Gasteiger partial charge in [0.1, 0.15) is 5.82 Å². The number of fused-ring (bicyclic) bond motifs is 3. The van der Waals surface area contributed by atoms with E-state index in [9.17, 15) is 14.0 Å². The normalized spacial score (nSPS) is 18.3. The van der Waals surface area contributed by atoms with Crippen LogP contribution in [0.2, 0.25) is 0 Å². The molecule has 0 radical (unpaired) electrons. The van der Waals surface area contributed by atoms with Gasteiger partial charge < -0.3 is 9.30 Å². The summed E-state index contributed by atoms with van der Waals surface area (Å²) in [5, 5.41) is 0. The van der Waals surface area contributed by atoms with Crippen LogP contribution in [-0.4, -0.2) is 34.6 Å². The number of carbonyl (C=O) groups excluding carboxylic acids is 2. The molecule has 0 bridgehead atoms. The van der Waals surface area contributed by atoms with Gasteiger partial charge in [0.05, 0.1) is 23.7 Å². The van der Waals surface area contributed by atoms with E-state index in [0.717, 1.165) is 30.3 Å². The molecule has 4 rings (SSSR count). The molecule has 2 aromatic carbocycles. The average Bonchev–Trinajstić information content (AvgIpc) is 3.14. The van der Waals surface area contributed by atoms with Gasteiger partial charge in [-0.15, -0.1) is 0 Å². The number of hydrogen-bond acceptors (Lipinski definition) is 4. The number of imidazole rings is 1. The summed E-state index contributed by atoms with van der Waals surface area (Å²) in [6.45, 7) is 4.42. The molecule has 0 saturated carbocycles. The second-order valence-electron chi connectivity index (χ2n) is 7.70. The van der Waals surface area contributed by atoms with Gasteiger partial charge in [0.15, 0.2) is 5.92 Å². The number of unbranched alkanes of at least 4 members (excludes halogenated alkanes) is 2. The first-order valence-corrected chi connectivity index (χ1v) is 10.8. The number of halogens is 1. The van der Waals surface area contributed by atoms with Crippen molar-refractivity contribution in [2.24, 2.45) is 5.92 Å². The number of amides is 1. The van der Waals surface area contributed by atoms with Crippen LogP contribution in [0.15, 0.2) is 48.5 Å².